The first-order valence-electron chi connectivity index (χ1n) is 4.01. The van der Waals surface area contributed by atoms with Crippen LogP contribution in [-0.2, 0) is 0 Å². The van der Waals surface area contributed by atoms with E-state index in [0.29, 0.717) is 13.1 Å². The summed E-state index contributed by atoms with van der Waals surface area (Å²) in [5.41, 5.74) is 0.910. The molecule has 2 rings (SSSR count). The maximum Gasteiger partial charge on any atom is 0.135 e. The fourth-order valence-electron chi connectivity index (χ4n) is 1.53. The molecule has 0 spiro atoms. The lowest BCUT2D eigenvalue weighted by molar-refractivity contribution is 0.264. The second-order valence-electron chi connectivity index (χ2n) is 3.11. The van der Waals surface area contributed by atoms with Crippen LogP contribution in [0.5, 0.6) is 0 Å². The lowest BCUT2D eigenvalue weighted by Crippen LogP contribution is -2.42. The number of rotatable bonds is 0. The van der Waals surface area contributed by atoms with E-state index in [9.17, 15) is 0 Å². The number of allylic oxidation sites excluding steroid dienone is 2. The molecule has 0 aromatic carbocycles. The van der Waals surface area contributed by atoms with Gasteiger partial charge in [-0.15, -0.1) is 0 Å². The largest absolute Gasteiger partial charge is 0.354 e. The second-order valence-corrected chi connectivity index (χ2v) is 3.60. The van der Waals surface area contributed by atoms with Crippen LogP contribution < -0.4 is 5.84 Å². The van der Waals surface area contributed by atoms with Crippen molar-refractivity contribution in [3.63, 3.8) is 0 Å². The molecule has 0 bridgehead atoms. The fraction of sp³-hybridized carbons (Fsp3) is 0.333. The molecule has 0 amide bonds. The van der Waals surface area contributed by atoms with Crippen molar-refractivity contribution in [1.82, 2.24) is 9.91 Å². The smallest absolute Gasteiger partial charge is 0.135 e. The zero-order chi connectivity index (χ0) is 9.42. The van der Waals surface area contributed by atoms with E-state index in [1.165, 1.54) is 0 Å². The number of hydrogen-bond acceptors (Lipinski definition) is 3. The van der Waals surface area contributed by atoms with Gasteiger partial charge in [-0.1, -0.05) is 23.4 Å². The van der Waals surface area contributed by atoms with Gasteiger partial charge in [0, 0.05) is 12.1 Å². The molecule has 0 saturated heterocycles. The van der Waals surface area contributed by atoms with Crippen LogP contribution in [-0.4, -0.2) is 30.0 Å². The van der Waals surface area contributed by atoms with E-state index in [0.717, 1.165) is 16.4 Å². The Hall–Kier alpha value is -1.11. The number of nitrogens with two attached hydrogens (primary N) is 1. The third kappa shape index (κ3) is 1.39. The molecule has 3 nitrogen and oxygen atoms in total. The predicted molar refractivity (Wildman–Crippen MR) is 52.3 cm³/mol. The van der Waals surface area contributed by atoms with Gasteiger partial charge in [0.05, 0.1) is 18.7 Å². The average molecular weight is 196 g/mol. The van der Waals surface area contributed by atoms with Gasteiger partial charge in [0.2, 0.25) is 0 Å². The summed E-state index contributed by atoms with van der Waals surface area (Å²) in [6, 6.07) is 0. The molecule has 0 aliphatic carbocycles. The molecule has 13 heavy (non-hydrogen) atoms. The van der Waals surface area contributed by atoms with Crippen LogP contribution in [0.15, 0.2) is 22.5 Å². The van der Waals surface area contributed by atoms with E-state index in [2.05, 4.69) is 11.8 Å². The first-order chi connectivity index (χ1) is 6.18. The summed E-state index contributed by atoms with van der Waals surface area (Å²) in [4.78, 5) is 2.01. The molecule has 2 heterocycles. The third-order valence-electron chi connectivity index (χ3n) is 2.04. The van der Waals surface area contributed by atoms with Gasteiger partial charge in [-0.2, -0.15) is 0 Å². The summed E-state index contributed by atoms with van der Waals surface area (Å²) in [5, 5.41) is 2.44. The van der Waals surface area contributed by atoms with Crippen LogP contribution in [0.2, 0.25) is 0 Å². The van der Waals surface area contributed by atoms with E-state index < -0.39 is 0 Å². The Bertz CT molecular complexity index is 359. The molecule has 0 aromatic heterocycles. The van der Waals surface area contributed by atoms with Crippen LogP contribution in [0.3, 0.4) is 0 Å². The SMILES string of the molecule is CN1CC(Cl)=CC2=C1N(N)CC#C2. The van der Waals surface area contributed by atoms with Crippen molar-refractivity contribution in [2.45, 2.75) is 0 Å². The van der Waals surface area contributed by atoms with Crippen LogP contribution in [0, 0.1) is 11.8 Å². The number of likely N-dealkylation sites (N-methyl/N-ethyl adjacent to an activating group) is 1. The molecule has 2 N–H and O–H groups in total. The summed E-state index contributed by atoms with van der Waals surface area (Å²) < 4.78 is 0. The van der Waals surface area contributed by atoms with E-state index in [-0.39, 0.29) is 0 Å². The van der Waals surface area contributed by atoms with Crippen molar-refractivity contribution < 1.29 is 0 Å². The summed E-state index contributed by atoms with van der Waals surface area (Å²) in [6.45, 7) is 1.28. The Balaban J connectivity index is 2.47. The van der Waals surface area contributed by atoms with Crippen LogP contribution in [0.1, 0.15) is 0 Å². The quantitative estimate of drug-likeness (QED) is 0.450. The summed E-state index contributed by atoms with van der Waals surface area (Å²) in [6.07, 6.45) is 1.88. The van der Waals surface area contributed by atoms with Gasteiger partial charge >= 0.3 is 0 Å². The maximum absolute atomic E-state index is 5.94. The Kier molecular flexibility index (Phi) is 1.95. The van der Waals surface area contributed by atoms with Gasteiger partial charge in [0.15, 0.2) is 0 Å². The number of hydrazine groups is 1. The number of hydrogen-bond donors (Lipinski definition) is 1. The first-order valence-corrected chi connectivity index (χ1v) is 4.39. The van der Waals surface area contributed by atoms with Crippen molar-refractivity contribution in [1.29, 1.82) is 0 Å². The van der Waals surface area contributed by atoms with Gasteiger partial charge in [-0.3, -0.25) is 5.01 Å². The number of nitrogens with zero attached hydrogens (tertiary/aromatic N) is 2. The molecule has 0 saturated carbocycles. The normalized spacial score (nSPS) is 20.7. The third-order valence-corrected chi connectivity index (χ3v) is 2.26. The zero-order valence-electron chi connectivity index (χ0n) is 7.34. The van der Waals surface area contributed by atoms with Crippen LogP contribution >= 0.6 is 11.6 Å². The average Bonchev–Trinajstić information content (AvgIpc) is 2.02. The van der Waals surface area contributed by atoms with E-state index >= 15 is 0 Å². The van der Waals surface area contributed by atoms with Gasteiger partial charge in [0.1, 0.15) is 5.82 Å². The van der Waals surface area contributed by atoms with E-state index in [1.807, 2.05) is 18.0 Å². The highest BCUT2D eigenvalue weighted by molar-refractivity contribution is 6.30. The second kappa shape index (κ2) is 2.99. The summed E-state index contributed by atoms with van der Waals surface area (Å²) in [7, 11) is 1.96. The van der Waals surface area contributed by atoms with Crippen molar-refractivity contribution in [3.05, 3.63) is 22.5 Å². The van der Waals surface area contributed by atoms with Crippen molar-refractivity contribution in [3.8, 4) is 11.8 Å². The minimum atomic E-state index is 0.578. The first kappa shape index (κ1) is 8.49. The monoisotopic (exact) mass is 195 g/mol. The highest BCUT2D eigenvalue weighted by Crippen LogP contribution is 2.23. The lowest BCUT2D eigenvalue weighted by Gasteiger charge is -2.33. The van der Waals surface area contributed by atoms with Crippen molar-refractivity contribution in [2.75, 3.05) is 20.1 Å². The highest BCUT2D eigenvalue weighted by atomic mass is 35.5. The molecule has 2 aliphatic heterocycles. The molecule has 0 fully saturated rings. The minimum Gasteiger partial charge on any atom is -0.354 e. The lowest BCUT2D eigenvalue weighted by atomic mass is 10.1. The molecule has 0 atom stereocenters. The Labute approximate surface area is 82.4 Å². The van der Waals surface area contributed by atoms with Crippen molar-refractivity contribution in [2.24, 2.45) is 5.84 Å². The number of halogens is 1. The van der Waals surface area contributed by atoms with Gasteiger partial charge < -0.3 is 4.90 Å². The molecular weight excluding hydrogens is 186 g/mol. The highest BCUT2D eigenvalue weighted by Gasteiger charge is 2.21. The maximum atomic E-state index is 5.94. The van der Waals surface area contributed by atoms with Gasteiger partial charge in [-0.05, 0) is 6.08 Å². The summed E-state index contributed by atoms with van der Waals surface area (Å²) >= 11 is 5.94. The fourth-order valence-corrected chi connectivity index (χ4v) is 1.82. The Morgan fingerprint density at radius 2 is 2.38 bits per heavy atom. The van der Waals surface area contributed by atoms with Crippen molar-refractivity contribution >= 4 is 11.6 Å². The van der Waals surface area contributed by atoms with Gasteiger partial charge in [-0.25, -0.2) is 5.84 Å². The summed E-state index contributed by atoms with van der Waals surface area (Å²) in [5.74, 6) is 12.7. The van der Waals surface area contributed by atoms with E-state index in [1.54, 1.807) is 5.01 Å². The van der Waals surface area contributed by atoms with Crippen LogP contribution in [0.25, 0.3) is 0 Å². The molecule has 0 aromatic rings. The topological polar surface area (TPSA) is 32.5 Å². The standard InChI is InChI=1S/C9H10ClN3/c1-12-6-8(10)5-7-3-2-4-13(11)9(7)12/h5H,4,6,11H2,1H3. The Morgan fingerprint density at radius 1 is 1.62 bits per heavy atom. The zero-order valence-corrected chi connectivity index (χ0v) is 8.10. The molecule has 0 unspecified atom stereocenters. The van der Waals surface area contributed by atoms with Crippen LogP contribution in [0.4, 0.5) is 0 Å². The molecular formula is C9H10ClN3. The molecule has 4 heteroatoms. The Morgan fingerprint density at radius 3 is 3.15 bits per heavy atom. The minimum absolute atomic E-state index is 0.578. The van der Waals surface area contributed by atoms with Gasteiger partial charge in [0.25, 0.3) is 0 Å². The van der Waals surface area contributed by atoms with E-state index in [4.69, 9.17) is 17.4 Å². The molecule has 2 aliphatic rings. The molecule has 0 radical (unpaired) electrons. The molecule has 68 valence electrons. The predicted octanol–water partition coefficient (Wildman–Crippen LogP) is 0.459.